The van der Waals surface area contributed by atoms with Crippen LogP contribution in [-0.4, -0.2) is 70.7 Å². The standard InChI is InChI=1S/C50H94NO7P/c1-6-8-10-12-14-16-18-20-22-24-26-27-29-31-33-35-37-39-41-43-50(52)58-49(48-57-59(53,54)56-46-44-51(3,4)5)47-55-45-42-40-38-36-34-32-30-28-25-23-21-19-17-15-13-11-9-7-2/h14-17,20-23,49H,6-13,18-19,24-48H2,1-5H3/b16-14-,17-15-,22-20-,23-21-. The Labute approximate surface area is 365 Å². The lowest BCUT2D eigenvalue weighted by atomic mass is 10.1. The molecular formula is C50H94NO7P. The average Bonchev–Trinajstić information content (AvgIpc) is 3.19. The first-order valence-electron chi connectivity index (χ1n) is 24.4. The number of likely N-dealkylation sites (N-methyl/N-ethyl adjacent to an activating group) is 1. The normalized spacial score (nSPS) is 14.1. The summed E-state index contributed by atoms with van der Waals surface area (Å²) in [6.07, 6.45) is 52.6. The van der Waals surface area contributed by atoms with Gasteiger partial charge in [0, 0.05) is 13.0 Å². The maximum absolute atomic E-state index is 12.7. The number of unbranched alkanes of at least 4 members (excludes halogenated alkanes) is 23. The summed E-state index contributed by atoms with van der Waals surface area (Å²) in [4.78, 5) is 25.1. The third-order valence-corrected chi connectivity index (χ3v) is 11.3. The molecule has 0 saturated heterocycles. The molecule has 8 nitrogen and oxygen atoms in total. The molecule has 0 N–H and O–H groups in total. The molecule has 0 radical (unpaired) electrons. The lowest BCUT2D eigenvalue weighted by Gasteiger charge is -2.28. The fraction of sp³-hybridized carbons (Fsp3) is 0.820. The molecule has 59 heavy (non-hydrogen) atoms. The number of phosphoric ester groups is 1. The van der Waals surface area contributed by atoms with Gasteiger partial charge in [-0.3, -0.25) is 9.36 Å². The molecule has 0 amide bonds. The SMILES string of the molecule is CCCCC/C=C\C/C=C\CCCCCCCCCCCC(=O)OC(COCCCCCCCCCC/C=C\C/C=C\CCCCC)COP(=O)([O-])OCC[N+](C)(C)C. The van der Waals surface area contributed by atoms with E-state index in [4.69, 9.17) is 18.5 Å². The minimum Gasteiger partial charge on any atom is -0.756 e. The number of phosphoric acid groups is 1. The number of carbonyl (C=O) groups excluding carboxylic acids is 1. The van der Waals surface area contributed by atoms with E-state index in [-0.39, 0.29) is 25.8 Å². The van der Waals surface area contributed by atoms with Gasteiger partial charge in [-0.15, -0.1) is 0 Å². The molecule has 9 heteroatoms. The largest absolute Gasteiger partial charge is 0.756 e. The lowest BCUT2D eigenvalue weighted by molar-refractivity contribution is -0.870. The number of hydrogen-bond acceptors (Lipinski definition) is 7. The first-order chi connectivity index (χ1) is 28.6. The zero-order valence-electron chi connectivity index (χ0n) is 39.2. The number of hydrogen-bond donors (Lipinski definition) is 0. The second kappa shape index (κ2) is 43.1. The summed E-state index contributed by atoms with van der Waals surface area (Å²) >= 11 is 0. The molecule has 0 bridgehead atoms. The van der Waals surface area contributed by atoms with E-state index in [1.807, 2.05) is 21.1 Å². The van der Waals surface area contributed by atoms with Gasteiger partial charge in [0.15, 0.2) is 0 Å². The third kappa shape index (κ3) is 47.4. The van der Waals surface area contributed by atoms with Gasteiger partial charge in [-0.05, 0) is 77.0 Å². The summed E-state index contributed by atoms with van der Waals surface area (Å²) in [6.45, 7) is 5.36. The van der Waals surface area contributed by atoms with Crippen molar-refractivity contribution in [3.05, 3.63) is 48.6 Å². The van der Waals surface area contributed by atoms with Crippen molar-refractivity contribution in [2.45, 2.75) is 213 Å². The van der Waals surface area contributed by atoms with Crippen molar-refractivity contribution in [2.75, 3.05) is 54.1 Å². The van der Waals surface area contributed by atoms with Crippen LogP contribution in [0.25, 0.3) is 0 Å². The van der Waals surface area contributed by atoms with E-state index >= 15 is 0 Å². The molecule has 0 heterocycles. The summed E-state index contributed by atoms with van der Waals surface area (Å²) in [7, 11) is 1.35. The van der Waals surface area contributed by atoms with E-state index < -0.39 is 13.9 Å². The molecule has 0 rings (SSSR count). The van der Waals surface area contributed by atoms with E-state index in [0.717, 1.165) is 44.9 Å². The lowest BCUT2D eigenvalue weighted by Crippen LogP contribution is -2.37. The Morgan fingerprint density at radius 2 is 0.932 bits per heavy atom. The van der Waals surface area contributed by atoms with Crippen molar-refractivity contribution >= 4 is 13.8 Å². The van der Waals surface area contributed by atoms with Gasteiger partial charge < -0.3 is 27.9 Å². The number of carbonyl (C=O) groups is 1. The number of nitrogens with zero attached hydrogens (tertiary/aromatic N) is 1. The number of esters is 1. The van der Waals surface area contributed by atoms with Gasteiger partial charge in [0.25, 0.3) is 7.82 Å². The number of quaternary nitrogens is 1. The predicted octanol–water partition coefficient (Wildman–Crippen LogP) is 14.1. The maximum atomic E-state index is 12.7. The molecule has 0 aromatic carbocycles. The van der Waals surface area contributed by atoms with Crippen LogP contribution in [0, 0.1) is 0 Å². The summed E-state index contributed by atoms with van der Waals surface area (Å²) in [5.41, 5.74) is 0. The topological polar surface area (TPSA) is 94.1 Å². The molecule has 0 saturated carbocycles. The summed E-state index contributed by atoms with van der Waals surface area (Å²) < 4.78 is 34.7. The van der Waals surface area contributed by atoms with Crippen molar-refractivity contribution in [1.29, 1.82) is 0 Å². The van der Waals surface area contributed by atoms with Crippen LogP contribution in [-0.2, 0) is 27.9 Å². The highest BCUT2D eigenvalue weighted by Crippen LogP contribution is 2.38. The zero-order valence-corrected chi connectivity index (χ0v) is 40.1. The fourth-order valence-corrected chi connectivity index (χ4v) is 7.28. The van der Waals surface area contributed by atoms with Gasteiger partial charge in [-0.2, -0.15) is 0 Å². The molecule has 0 aliphatic heterocycles. The average molecular weight is 852 g/mol. The van der Waals surface area contributed by atoms with Gasteiger partial charge >= 0.3 is 5.97 Å². The van der Waals surface area contributed by atoms with Crippen molar-refractivity contribution < 1.29 is 37.3 Å². The van der Waals surface area contributed by atoms with Crippen molar-refractivity contribution in [2.24, 2.45) is 0 Å². The summed E-state index contributed by atoms with van der Waals surface area (Å²) in [6, 6.07) is 0. The van der Waals surface area contributed by atoms with Crippen LogP contribution in [0.1, 0.15) is 206 Å². The van der Waals surface area contributed by atoms with Gasteiger partial charge in [-0.1, -0.05) is 172 Å². The smallest absolute Gasteiger partial charge is 0.306 e. The van der Waals surface area contributed by atoms with Gasteiger partial charge in [0.2, 0.25) is 0 Å². The Bertz CT molecular complexity index is 1080. The minimum atomic E-state index is -4.53. The van der Waals surface area contributed by atoms with Crippen molar-refractivity contribution in [3.63, 3.8) is 0 Å². The molecule has 0 aromatic heterocycles. The van der Waals surface area contributed by atoms with Crippen LogP contribution in [0.4, 0.5) is 0 Å². The minimum absolute atomic E-state index is 0.0229. The number of ether oxygens (including phenoxy) is 2. The quantitative estimate of drug-likeness (QED) is 0.0198. The highest BCUT2D eigenvalue weighted by molar-refractivity contribution is 7.45. The van der Waals surface area contributed by atoms with Gasteiger partial charge in [0.1, 0.15) is 19.3 Å². The molecule has 346 valence electrons. The molecule has 2 unspecified atom stereocenters. The fourth-order valence-electron chi connectivity index (χ4n) is 6.55. The van der Waals surface area contributed by atoms with Crippen LogP contribution < -0.4 is 4.89 Å². The molecule has 0 spiro atoms. The first-order valence-corrected chi connectivity index (χ1v) is 25.8. The van der Waals surface area contributed by atoms with E-state index in [2.05, 4.69) is 62.5 Å². The van der Waals surface area contributed by atoms with Gasteiger partial charge in [0.05, 0.1) is 34.4 Å². The van der Waals surface area contributed by atoms with E-state index in [0.29, 0.717) is 24.1 Å². The van der Waals surface area contributed by atoms with Crippen LogP contribution in [0.5, 0.6) is 0 Å². The third-order valence-electron chi connectivity index (χ3n) is 10.4. The highest BCUT2D eigenvalue weighted by atomic mass is 31.2. The first kappa shape index (κ1) is 57.5. The van der Waals surface area contributed by atoms with Crippen molar-refractivity contribution in [3.8, 4) is 0 Å². The molecule has 2 atom stereocenters. The molecule has 0 aromatic rings. The molecule has 0 aliphatic carbocycles. The van der Waals surface area contributed by atoms with Crippen LogP contribution in [0.15, 0.2) is 48.6 Å². The van der Waals surface area contributed by atoms with Crippen LogP contribution in [0.2, 0.25) is 0 Å². The van der Waals surface area contributed by atoms with Gasteiger partial charge in [-0.25, -0.2) is 0 Å². The summed E-state index contributed by atoms with van der Waals surface area (Å²) in [5.74, 6) is -0.340. The summed E-state index contributed by atoms with van der Waals surface area (Å²) in [5, 5.41) is 0. The van der Waals surface area contributed by atoms with Crippen molar-refractivity contribution in [1.82, 2.24) is 0 Å². The van der Waals surface area contributed by atoms with E-state index in [1.165, 1.54) is 141 Å². The van der Waals surface area contributed by atoms with E-state index in [1.54, 1.807) is 0 Å². The maximum Gasteiger partial charge on any atom is 0.306 e. The molecule has 0 fully saturated rings. The Kier molecular flexibility index (Phi) is 42.0. The number of rotatable bonds is 45. The Morgan fingerprint density at radius 3 is 1.37 bits per heavy atom. The van der Waals surface area contributed by atoms with Crippen LogP contribution in [0.3, 0.4) is 0 Å². The Balaban J connectivity index is 4.19. The second-order valence-electron chi connectivity index (χ2n) is 17.5. The van der Waals surface area contributed by atoms with Crippen LogP contribution >= 0.6 is 7.82 Å². The monoisotopic (exact) mass is 852 g/mol. The zero-order chi connectivity index (χ0) is 43.4. The molecule has 0 aliphatic rings. The highest BCUT2D eigenvalue weighted by Gasteiger charge is 2.20. The Morgan fingerprint density at radius 1 is 0.525 bits per heavy atom. The Hall–Kier alpha value is -1.54. The number of allylic oxidation sites excluding steroid dienone is 8. The second-order valence-corrected chi connectivity index (χ2v) is 18.9. The van der Waals surface area contributed by atoms with E-state index in [9.17, 15) is 14.3 Å². The molecular weight excluding hydrogens is 758 g/mol. The predicted molar refractivity (Wildman–Crippen MR) is 250 cm³/mol.